The Kier molecular flexibility index (Phi) is 2.97. The van der Waals surface area contributed by atoms with Gasteiger partial charge in [-0.25, -0.2) is 4.99 Å². The first kappa shape index (κ1) is 10.2. The van der Waals surface area contributed by atoms with Crippen LogP contribution < -0.4 is 10.7 Å². The summed E-state index contributed by atoms with van der Waals surface area (Å²) in [5.41, 5.74) is 2.15. The molecule has 0 saturated heterocycles. The van der Waals surface area contributed by atoms with Crippen molar-refractivity contribution in [2.75, 3.05) is 0 Å². The average Bonchev–Trinajstić information content (AvgIpc) is 2.47. The standard InChI is InChI=1S/C10H10ClIN2/c1-2-6-3-8(11)7-4-9(12)14-10(7)13-5-6/h4-5H,2-3H2,1H3,(H,13,14). The van der Waals surface area contributed by atoms with E-state index in [2.05, 4.69) is 39.5 Å². The number of nitrogens with one attached hydrogen (secondary N) is 1. The van der Waals surface area contributed by atoms with Crippen LogP contribution in [0.15, 0.2) is 22.8 Å². The van der Waals surface area contributed by atoms with Gasteiger partial charge < -0.3 is 4.98 Å². The van der Waals surface area contributed by atoms with Crippen LogP contribution in [0, 0.1) is 3.70 Å². The predicted octanol–water partition coefficient (Wildman–Crippen LogP) is 2.28. The van der Waals surface area contributed by atoms with E-state index in [0.29, 0.717) is 0 Å². The zero-order valence-corrected chi connectivity index (χ0v) is 10.7. The van der Waals surface area contributed by atoms with Gasteiger partial charge in [-0.3, -0.25) is 0 Å². The van der Waals surface area contributed by atoms with Crippen molar-refractivity contribution >= 4 is 39.2 Å². The second kappa shape index (κ2) is 4.06. The van der Waals surface area contributed by atoms with E-state index >= 15 is 0 Å². The van der Waals surface area contributed by atoms with Gasteiger partial charge in [0.2, 0.25) is 0 Å². The van der Waals surface area contributed by atoms with Gasteiger partial charge in [0, 0.05) is 22.9 Å². The Hall–Kier alpha value is -0.290. The van der Waals surface area contributed by atoms with E-state index in [0.717, 1.165) is 32.3 Å². The number of nitrogens with zero attached hydrogens (tertiary/aromatic N) is 1. The zero-order valence-electron chi connectivity index (χ0n) is 7.77. The molecule has 0 aliphatic carbocycles. The van der Waals surface area contributed by atoms with Crippen LogP contribution in [-0.2, 0) is 0 Å². The van der Waals surface area contributed by atoms with Gasteiger partial charge in [-0.05, 0) is 40.7 Å². The number of aromatic amines is 1. The van der Waals surface area contributed by atoms with Crippen LogP contribution >= 0.6 is 34.2 Å². The van der Waals surface area contributed by atoms with Crippen LogP contribution in [0.3, 0.4) is 0 Å². The fraction of sp³-hybridized carbons (Fsp3) is 0.300. The largest absolute Gasteiger partial charge is 0.335 e. The summed E-state index contributed by atoms with van der Waals surface area (Å²) in [6.45, 7) is 2.12. The highest BCUT2D eigenvalue weighted by Gasteiger charge is 2.06. The van der Waals surface area contributed by atoms with Gasteiger partial charge in [0.05, 0.1) is 3.70 Å². The molecule has 4 heteroatoms. The number of aromatic nitrogens is 1. The summed E-state index contributed by atoms with van der Waals surface area (Å²) in [5, 5.41) is 1.92. The highest BCUT2D eigenvalue weighted by molar-refractivity contribution is 14.1. The summed E-state index contributed by atoms with van der Waals surface area (Å²) in [6, 6.07) is 2.04. The molecule has 0 atom stereocenters. The SMILES string of the molecule is CCC1=CN=c2[nH]c(I)cc2=C(Cl)C1. The maximum absolute atomic E-state index is 6.23. The minimum absolute atomic E-state index is 0.822. The lowest BCUT2D eigenvalue weighted by Gasteiger charge is -1.98. The smallest absolute Gasteiger partial charge is 0.139 e. The molecule has 0 bridgehead atoms. The molecule has 1 aliphatic rings. The van der Waals surface area contributed by atoms with E-state index in [4.69, 9.17) is 11.6 Å². The molecule has 0 spiro atoms. The van der Waals surface area contributed by atoms with Gasteiger partial charge in [0.15, 0.2) is 0 Å². The Morgan fingerprint density at radius 3 is 3.14 bits per heavy atom. The van der Waals surface area contributed by atoms with Crippen molar-refractivity contribution in [3.05, 3.63) is 32.2 Å². The third kappa shape index (κ3) is 1.88. The van der Waals surface area contributed by atoms with E-state index in [9.17, 15) is 0 Å². The average molecular weight is 321 g/mol. The molecule has 2 heterocycles. The fourth-order valence-electron chi connectivity index (χ4n) is 1.43. The Morgan fingerprint density at radius 2 is 2.43 bits per heavy atom. The lowest BCUT2D eigenvalue weighted by Crippen LogP contribution is -2.22. The van der Waals surface area contributed by atoms with Gasteiger partial charge in [-0.15, -0.1) is 0 Å². The minimum atomic E-state index is 0.822. The van der Waals surface area contributed by atoms with Crippen molar-refractivity contribution in [1.82, 2.24) is 4.98 Å². The summed E-state index contributed by atoms with van der Waals surface area (Å²) >= 11 is 8.46. The molecule has 1 aliphatic heterocycles. The third-order valence-corrected chi connectivity index (χ3v) is 3.19. The first-order chi connectivity index (χ1) is 6.70. The van der Waals surface area contributed by atoms with Gasteiger partial charge in [-0.1, -0.05) is 18.5 Å². The first-order valence-corrected chi connectivity index (χ1v) is 5.95. The second-order valence-electron chi connectivity index (χ2n) is 3.23. The lowest BCUT2D eigenvalue weighted by atomic mass is 10.1. The molecule has 0 aromatic carbocycles. The molecule has 14 heavy (non-hydrogen) atoms. The number of halogens is 2. The van der Waals surface area contributed by atoms with Crippen molar-refractivity contribution in [3.63, 3.8) is 0 Å². The predicted molar refractivity (Wildman–Crippen MR) is 66.5 cm³/mol. The number of rotatable bonds is 1. The minimum Gasteiger partial charge on any atom is -0.335 e. The first-order valence-electron chi connectivity index (χ1n) is 4.49. The van der Waals surface area contributed by atoms with E-state index in [-0.39, 0.29) is 0 Å². The van der Waals surface area contributed by atoms with E-state index in [1.165, 1.54) is 5.57 Å². The van der Waals surface area contributed by atoms with Crippen LogP contribution in [0.25, 0.3) is 5.03 Å². The van der Waals surface area contributed by atoms with Gasteiger partial charge in [0.1, 0.15) is 5.49 Å². The molecule has 0 amide bonds. The molecule has 0 radical (unpaired) electrons. The van der Waals surface area contributed by atoms with Crippen molar-refractivity contribution < 1.29 is 0 Å². The van der Waals surface area contributed by atoms with Crippen molar-refractivity contribution in [3.8, 4) is 0 Å². The van der Waals surface area contributed by atoms with Crippen LogP contribution in [0.2, 0.25) is 0 Å². The Bertz CT molecular complexity index is 499. The maximum atomic E-state index is 6.23. The molecule has 2 nitrogen and oxygen atoms in total. The third-order valence-electron chi connectivity index (χ3n) is 2.27. The van der Waals surface area contributed by atoms with Gasteiger partial charge in [-0.2, -0.15) is 0 Å². The van der Waals surface area contributed by atoms with E-state index in [1.807, 2.05) is 12.3 Å². The van der Waals surface area contributed by atoms with E-state index < -0.39 is 0 Å². The second-order valence-corrected chi connectivity index (χ2v) is 4.85. The molecule has 0 saturated carbocycles. The molecule has 1 aromatic heterocycles. The van der Waals surface area contributed by atoms with Gasteiger partial charge in [0.25, 0.3) is 0 Å². The summed E-state index contributed by atoms with van der Waals surface area (Å²) < 4.78 is 1.07. The van der Waals surface area contributed by atoms with Crippen LogP contribution in [0.1, 0.15) is 19.8 Å². The number of hydrogen-bond acceptors (Lipinski definition) is 1. The molecular formula is C10H10ClIN2. The fourth-order valence-corrected chi connectivity index (χ4v) is 2.32. The van der Waals surface area contributed by atoms with Crippen LogP contribution in [0.4, 0.5) is 0 Å². The zero-order chi connectivity index (χ0) is 10.1. The van der Waals surface area contributed by atoms with Crippen LogP contribution in [-0.4, -0.2) is 4.98 Å². The summed E-state index contributed by atoms with van der Waals surface area (Å²) in [6.07, 6.45) is 3.74. The number of hydrogen-bond donors (Lipinski definition) is 1. The topological polar surface area (TPSA) is 28.1 Å². The van der Waals surface area contributed by atoms with Crippen molar-refractivity contribution in [1.29, 1.82) is 0 Å². The maximum Gasteiger partial charge on any atom is 0.139 e. The monoisotopic (exact) mass is 320 g/mol. The van der Waals surface area contributed by atoms with Crippen molar-refractivity contribution in [2.24, 2.45) is 4.99 Å². The highest BCUT2D eigenvalue weighted by atomic mass is 127. The van der Waals surface area contributed by atoms with E-state index in [1.54, 1.807) is 0 Å². The van der Waals surface area contributed by atoms with Crippen molar-refractivity contribution in [2.45, 2.75) is 19.8 Å². The molecule has 2 rings (SSSR count). The highest BCUT2D eigenvalue weighted by Crippen LogP contribution is 2.18. The number of H-pyrrole nitrogens is 1. The summed E-state index contributed by atoms with van der Waals surface area (Å²) in [5.74, 6) is 0. The molecule has 0 fully saturated rings. The summed E-state index contributed by atoms with van der Waals surface area (Å²) in [4.78, 5) is 7.56. The molecule has 74 valence electrons. The lowest BCUT2D eigenvalue weighted by molar-refractivity contribution is 1.03. The Balaban J connectivity index is 2.67. The number of fused-ring (bicyclic) bond motifs is 1. The number of allylic oxidation sites excluding steroid dienone is 1. The van der Waals surface area contributed by atoms with Gasteiger partial charge >= 0.3 is 0 Å². The Morgan fingerprint density at radius 1 is 1.64 bits per heavy atom. The normalized spacial score (nSPS) is 15.6. The Labute approximate surface area is 101 Å². The van der Waals surface area contributed by atoms with Crippen LogP contribution in [0.5, 0.6) is 0 Å². The molecule has 1 aromatic rings. The summed E-state index contributed by atoms with van der Waals surface area (Å²) in [7, 11) is 0. The molecular weight excluding hydrogens is 310 g/mol. The molecule has 0 unspecified atom stereocenters. The molecule has 1 N–H and O–H groups in total. The quantitative estimate of drug-likeness (QED) is 0.769.